The summed E-state index contributed by atoms with van der Waals surface area (Å²) in [5.41, 5.74) is 0. The van der Waals surface area contributed by atoms with E-state index in [-0.39, 0.29) is 107 Å². The van der Waals surface area contributed by atoms with Crippen LogP contribution in [0.2, 0.25) is 0 Å². The molecule has 6 radical (unpaired) electrons. The van der Waals surface area contributed by atoms with Crippen molar-refractivity contribution in [3.8, 4) is 0 Å². The second-order valence-corrected chi connectivity index (χ2v) is 0. The summed E-state index contributed by atoms with van der Waals surface area (Å²) in [5, 5.41) is 0. The Kier molecular flexibility index (Phi) is 409. The standard InChI is InChI=1S/Ag.Cr.Cu.Fe.Si.Ti. The third-order valence-electron chi connectivity index (χ3n) is 0. The van der Waals surface area contributed by atoms with E-state index in [0.29, 0.717) is 0 Å². The van der Waals surface area contributed by atoms with E-state index in [4.69, 9.17) is 0 Å². The first kappa shape index (κ1) is 59.7. The van der Waals surface area contributed by atoms with Gasteiger partial charge in [0.15, 0.2) is 0 Å². The van der Waals surface area contributed by atoms with Crippen molar-refractivity contribution in [2.24, 2.45) is 0 Å². The van der Waals surface area contributed by atoms with Crippen LogP contribution in [0.15, 0.2) is 0 Å². The molecule has 0 unspecified atom stereocenters. The van der Waals surface area contributed by atoms with Crippen LogP contribution in [-0.4, -0.2) is 11.0 Å². The Hall–Kier alpha value is 3.24. The van der Waals surface area contributed by atoms with Gasteiger partial charge in [-0.15, -0.1) is 0 Å². The Morgan fingerprint density at radius 1 is 1.00 bits per heavy atom. The molecule has 44 valence electrons. The molecule has 0 atom stereocenters. The summed E-state index contributed by atoms with van der Waals surface area (Å²) in [4.78, 5) is 0. The number of hydrogen-bond acceptors (Lipinski definition) is 0. The number of hydrogen-bond donors (Lipinski definition) is 0. The third-order valence-corrected chi connectivity index (χ3v) is 0. The zero-order valence-corrected chi connectivity index (χ0v) is 9.73. The Labute approximate surface area is 105 Å². The van der Waals surface area contributed by atoms with Crippen molar-refractivity contribution in [1.82, 2.24) is 0 Å². The fourth-order valence-corrected chi connectivity index (χ4v) is 0. The van der Waals surface area contributed by atoms with E-state index in [2.05, 4.69) is 0 Å². The largest absolute Gasteiger partial charge is 0 e. The zero-order valence-electron chi connectivity index (χ0n) is 2.36. The van der Waals surface area contributed by atoms with Crippen molar-refractivity contribution in [3.63, 3.8) is 0 Å². The third kappa shape index (κ3) is 26.8. The van der Waals surface area contributed by atoms with Crippen molar-refractivity contribution in [3.05, 3.63) is 0 Å². The van der Waals surface area contributed by atoms with Crippen molar-refractivity contribution >= 4 is 11.0 Å². The van der Waals surface area contributed by atoms with Gasteiger partial charge in [0.05, 0.1) is 0 Å². The van der Waals surface area contributed by atoms with Crippen LogP contribution in [0.3, 0.4) is 0 Å². The first-order valence-electron chi connectivity index (χ1n) is 0. The minimum absolute atomic E-state index is 0. The summed E-state index contributed by atoms with van der Waals surface area (Å²) < 4.78 is 0. The monoisotopic (exact) mass is 354 g/mol. The van der Waals surface area contributed by atoms with Crippen LogP contribution in [0.25, 0.3) is 0 Å². The Bertz CT molecular complexity index is 15.5. The SMILES string of the molecule is [Ag].[Cr].[Cu].[Fe].[Si].[Ti]. The van der Waals surface area contributed by atoms with Crippen LogP contribution in [-0.2, 0) is 95.6 Å². The molecule has 0 fully saturated rings. The average molecular weight is 355 g/mol. The molecule has 0 spiro atoms. The topological polar surface area (TPSA) is 0 Å². The molecule has 0 N–H and O–H groups in total. The maximum atomic E-state index is 0. The molecule has 0 aromatic heterocycles. The van der Waals surface area contributed by atoms with E-state index >= 15 is 0 Å². The van der Waals surface area contributed by atoms with Gasteiger partial charge in [0.25, 0.3) is 0 Å². The quantitative estimate of drug-likeness (QED) is 0.519. The van der Waals surface area contributed by atoms with E-state index in [1.807, 2.05) is 0 Å². The molecule has 0 aliphatic carbocycles. The van der Waals surface area contributed by atoms with Crippen molar-refractivity contribution in [2.75, 3.05) is 0 Å². The fourth-order valence-electron chi connectivity index (χ4n) is 0. The predicted octanol–water partition coefficient (Wildman–Crippen LogP) is -0.393. The second-order valence-electron chi connectivity index (χ2n) is 0. The van der Waals surface area contributed by atoms with Crippen molar-refractivity contribution in [2.45, 2.75) is 0 Å². The molecule has 0 bridgehead atoms. The normalized spacial score (nSPS) is 0. The summed E-state index contributed by atoms with van der Waals surface area (Å²) in [6.07, 6.45) is 0. The maximum Gasteiger partial charge on any atom is 0 e. The summed E-state index contributed by atoms with van der Waals surface area (Å²) >= 11 is 0. The van der Waals surface area contributed by atoms with E-state index in [1.165, 1.54) is 0 Å². The Morgan fingerprint density at radius 3 is 1.00 bits per heavy atom. The summed E-state index contributed by atoms with van der Waals surface area (Å²) in [6, 6.07) is 0. The van der Waals surface area contributed by atoms with Gasteiger partial charge in [0.1, 0.15) is 0 Å². The van der Waals surface area contributed by atoms with Crippen molar-refractivity contribution in [1.29, 1.82) is 0 Å². The van der Waals surface area contributed by atoms with E-state index in [9.17, 15) is 0 Å². The van der Waals surface area contributed by atoms with Crippen LogP contribution >= 0.6 is 0 Å². The predicted molar refractivity (Wildman–Crippen MR) is 5.75 cm³/mol. The van der Waals surface area contributed by atoms with Crippen LogP contribution in [0.1, 0.15) is 0 Å². The molecular formula is AgCrCuFeSiTi. The first-order chi connectivity index (χ1) is 0. The maximum absolute atomic E-state index is 0. The molecular weight excluding hydrogens is 355 g/mol. The Morgan fingerprint density at radius 2 is 1.00 bits per heavy atom. The molecule has 0 heterocycles. The molecule has 6 heteroatoms. The molecule has 0 amide bonds. The van der Waals surface area contributed by atoms with Gasteiger partial charge in [-0.05, 0) is 0 Å². The average Bonchev–Trinajstić information content (AvgIpc) is 0. The van der Waals surface area contributed by atoms with E-state index in [0.717, 1.165) is 0 Å². The molecule has 0 nitrogen and oxygen atoms in total. The van der Waals surface area contributed by atoms with E-state index < -0.39 is 0 Å². The molecule has 0 rings (SSSR count). The summed E-state index contributed by atoms with van der Waals surface area (Å²) in [6.45, 7) is 0. The van der Waals surface area contributed by atoms with Gasteiger partial charge in [-0.2, -0.15) is 0 Å². The molecule has 0 saturated carbocycles. The molecule has 0 aliphatic rings. The van der Waals surface area contributed by atoms with Crippen LogP contribution in [0.4, 0.5) is 0 Å². The zero-order chi connectivity index (χ0) is 0. The van der Waals surface area contributed by atoms with Gasteiger partial charge in [0, 0.05) is 107 Å². The van der Waals surface area contributed by atoms with Crippen LogP contribution in [0.5, 0.6) is 0 Å². The van der Waals surface area contributed by atoms with Crippen LogP contribution < -0.4 is 0 Å². The van der Waals surface area contributed by atoms with Crippen LogP contribution in [0, 0.1) is 0 Å². The van der Waals surface area contributed by atoms with Gasteiger partial charge < -0.3 is 0 Å². The van der Waals surface area contributed by atoms with Gasteiger partial charge >= 0.3 is 0 Å². The molecule has 0 aliphatic heterocycles. The van der Waals surface area contributed by atoms with Gasteiger partial charge in [-0.25, -0.2) is 0 Å². The molecule has 6 heavy (non-hydrogen) atoms. The van der Waals surface area contributed by atoms with Gasteiger partial charge in [-0.3, -0.25) is 0 Å². The molecule has 0 aromatic carbocycles. The van der Waals surface area contributed by atoms with Crippen molar-refractivity contribution < 1.29 is 95.6 Å². The smallest absolute Gasteiger partial charge is 0 e. The Balaban J connectivity index is 0. The fraction of sp³-hybridized carbons (Fsp3) is 0. The van der Waals surface area contributed by atoms with E-state index in [1.54, 1.807) is 0 Å². The first-order valence-corrected chi connectivity index (χ1v) is 0. The molecule has 0 saturated heterocycles. The second kappa shape index (κ2) is 41.1. The van der Waals surface area contributed by atoms with Gasteiger partial charge in [-0.1, -0.05) is 0 Å². The van der Waals surface area contributed by atoms with Gasteiger partial charge in [0.2, 0.25) is 0 Å². The summed E-state index contributed by atoms with van der Waals surface area (Å²) in [7, 11) is 0. The minimum Gasteiger partial charge on any atom is 0 e. The summed E-state index contributed by atoms with van der Waals surface area (Å²) in [5.74, 6) is 0. The number of rotatable bonds is 0. The molecule has 0 aromatic rings. The minimum atomic E-state index is 0.